The van der Waals surface area contributed by atoms with E-state index < -0.39 is 0 Å². The Bertz CT molecular complexity index is 279. The monoisotopic (exact) mass is 204 g/mol. The molecule has 0 aliphatic heterocycles. The minimum absolute atomic E-state index is 0.924. The average Bonchev–Trinajstić information content (AvgIpc) is 2.48. The van der Waals surface area contributed by atoms with E-state index in [1.807, 2.05) is 0 Å². The van der Waals surface area contributed by atoms with Crippen LogP contribution < -0.4 is 5.30 Å². The maximum absolute atomic E-state index is 2.34. The van der Waals surface area contributed by atoms with Crippen LogP contribution in [0.25, 0.3) is 0 Å². The van der Waals surface area contributed by atoms with E-state index >= 15 is 0 Å². The topological polar surface area (TPSA) is 0 Å². The molecule has 1 aliphatic rings. The largest absolute Gasteiger partial charge is 0.0885 e. The van der Waals surface area contributed by atoms with Crippen molar-refractivity contribution in [1.82, 2.24) is 0 Å². The van der Waals surface area contributed by atoms with Crippen molar-refractivity contribution in [2.24, 2.45) is 0 Å². The minimum Gasteiger partial charge on any atom is -0.0885 e. The fourth-order valence-electron chi connectivity index (χ4n) is 1.89. The average molecular weight is 204 g/mol. The molecule has 0 amide bonds. The van der Waals surface area contributed by atoms with Gasteiger partial charge in [0.05, 0.1) is 0 Å². The molecule has 0 spiro atoms. The molecule has 0 nitrogen and oxygen atoms in total. The van der Waals surface area contributed by atoms with E-state index in [4.69, 9.17) is 0 Å². The molecule has 1 atom stereocenters. The van der Waals surface area contributed by atoms with E-state index in [1.54, 1.807) is 0 Å². The van der Waals surface area contributed by atoms with Crippen molar-refractivity contribution in [2.45, 2.75) is 31.3 Å². The van der Waals surface area contributed by atoms with Crippen molar-refractivity contribution in [3.05, 3.63) is 42.5 Å². The van der Waals surface area contributed by atoms with Gasteiger partial charge in [-0.05, 0) is 36.6 Å². The third kappa shape index (κ3) is 2.96. The predicted molar refractivity (Wildman–Crippen MR) is 65.8 cm³/mol. The molecule has 1 heteroatoms. The standard InChI is InChI=1S/C13H17P/c1-2-5-9-12(8-4-1)14-13-10-6-3-7-11-13/h1-3,6-7,10-12,14H,4-5,8-9H2. The van der Waals surface area contributed by atoms with Gasteiger partial charge in [0.25, 0.3) is 0 Å². The molecule has 2 rings (SSSR count). The van der Waals surface area contributed by atoms with Crippen LogP contribution >= 0.6 is 8.58 Å². The number of hydrogen-bond donors (Lipinski definition) is 0. The predicted octanol–water partition coefficient (Wildman–Crippen LogP) is 3.49. The summed E-state index contributed by atoms with van der Waals surface area (Å²) in [4.78, 5) is 0. The molecule has 0 bridgehead atoms. The first-order chi connectivity index (χ1) is 6.95. The van der Waals surface area contributed by atoms with Gasteiger partial charge in [-0.3, -0.25) is 0 Å². The number of allylic oxidation sites excluding steroid dienone is 2. The summed E-state index contributed by atoms with van der Waals surface area (Å²) >= 11 is 0. The molecule has 0 heterocycles. The zero-order valence-electron chi connectivity index (χ0n) is 8.45. The van der Waals surface area contributed by atoms with Crippen LogP contribution in [0.5, 0.6) is 0 Å². The van der Waals surface area contributed by atoms with Gasteiger partial charge in [0, 0.05) is 0 Å². The summed E-state index contributed by atoms with van der Waals surface area (Å²) < 4.78 is 0. The molecule has 14 heavy (non-hydrogen) atoms. The lowest BCUT2D eigenvalue weighted by atomic mass is 10.2. The van der Waals surface area contributed by atoms with Crippen LogP contribution in [0.15, 0.2) is 42.5 Å². The van der Waals surface area contributed by atoms with E-state index in [2.05, 4.69) is 42.5 Å². The van der Waals surface area contributed by atoms with Crippen LogP contribution in [0, 0.1) is 0 Å². The van der Waals surface area contributed by atoms with E-state index in [0.29, 0.717) is 0 Å². The van der Waals surface area contributed by atoms with Crippen LogP contribution in [-0.4, -0.2) is 5.66 Å². The van der Waals surface area contributed by atoms with E-state index in [0.717, 1.165) is 14.2 Å². The second-order valence-corrected chi connectivity index (χ2v) is 5.52. The summed E-state index contributed by atoms with van der Waals surface area (Å²) in [5.74, 6) is 0. The second-order valence-electron chi connectivity index (χ2n) is 3.83. The highest BCUT2D eigenvalue weighted by Crippen LogP contribution is 2.28. The SMILES string of the molecule is C1=CCCC(Pc2ccccc2)CC1. The zero-order chi connectivity index (χ0) is 9.64. The molecule has 74 valence electrons. The van der Waals surface area contributed by atoms with Crippen molar-refractivity contribution in [3.63, 3.8) is 0 Å². The molecule has 1 aliphatic carbocycles. The smallest absolute Gasteiger partial charge is 0.0190 e. The maximum Gasteiger partial charge on any atom is -0.0190 e. The van der Waals surface area contributed by atoms with Gasteiger partial charge in [-0.15, -0.1) is 0 Å². The molecule has 0 saturated heterocycles. The lowest BCUT2D eigenvalue weighted by molar-refractivity contribution is 0.734. The molecule has 0 N–H and O–H groups in total. The van der Waals surface area contributed by atoms with Gasteiger partial charge >= 0.3 is 0 Å². The Morgan fingerprint density at radius 2 is 1.57 bits per heavy atom. The molecule has 0 fully saturated rings. The van der Waals surface area contributed by atoms with Crippen molar-refractivity contribution < 1.29 is 0 Å². The van der Waals surface area contributed by atoms with Crippen LogP contribution in [0.4, 0.5) is 0 Å². The lowest BCUT2D eigenvalue weighted by Gasteiger charge is -2.13. The third-order valence-electron chi connectivity index (χ3n) is 2.67. The molecule has 0 aromatic heterocycles. The van der Waals surface area contributed by atoms with Crippen LogP contribution in [-0.2, 0) is 0 Å². The summed E-state index contributed by atoms with van der Waals surface area (Å²) in [6.45, 7) is 0. The molecule has 0 radical (unpaired) electrons. The summed E-state index contributed by atoms with van der Waals surface area (Å²) in [5.41, 5.74) is 0.924. The Labute approximate surface area is 88.2 Å². The number of benzene rings is 1. The molecule has 1 aromatic rings. The summed E-state index contributed by atoms with van der Waals surface area (Å²) in [6.07, 6.45) is 10.0. The van der Waals surface area contributed by atoms with E-state index in [1.165, 1.54) is 31.0 Å². The third-order valence-corrected chi connectivity index (χ3v) is 4.33. The van der Waals surface area contributed by atoms with Crippen molar-refractivity contribution in [3.8, 4) is 0 Å². The molecular weight excluding hydrogens is 187 g/mol. The van der Waals surface area contributed by atoms with E-state index in [-0.39, 0.29) is 0 Å². The molecule has 1 unspecified atom stereocenters. The first kappa shape index (κ1) is 9.93. The Kier molecular flexibility index (Phi) is 3.77. The van der Waals surface area contributed by atoms with Crippen molar-refractivity contribution >= 4 is 13.9 Å². The van der Waals surface area contributed by atoms with Crippen molar-refractivity contribution in [1.29, 1.82) is 0 Å². The maximum atomic E-state index is 2.34. The molecule has 1 aromatic carbocycles. The Morgan fingerprint density at radius 1 is 0.929 bits per heavy atom. The van der Waals surface area contributed by atoms with Gasteiger partial charge in [0.2, 0.25) is 0 Å². The van der Waals surface area contributed by atoms with Gasteiger partial charge in [0.1, 0.15) is 0 Å². The summed E-state index contributed by atoms with van der Waals surface area (Å²) in [7, 11) is 1.01. The Hall–Kier alpha value is -0.610. The zero-order valence-corrected chi connectivity index (χ0v) is 9.45. The highest BCUT2D eigenvalue weighted by molar-refractivity contribution is 7.48. The lowest BCUT2D eigenvalue weighted by Crippen LogP contribution is -2.05. The fourth-order valence-corrected chi connectivity index (χ4v) is 3.37. The first-order valence-electron chi connectivity index (χ1n) is 5.42. The minimum atomic E-state index is 0.924. The van der Waals surface area contributed by atoms with Gasteiger partial charge in [-0.25, -0.2) is 0 Å². The quantitative estimate of drug-likeness (QED) is 0.511. The van der Waals surface area contributed by atoms with Gasteiger partial charge < -0.3 is 0 Å². The normalized spacial score (nSPS) is 18.9. The number of rotatable bonds is 2. The van der Waals surface area contributed by atoms with Crippen molar-refractivity contribution in [2.75, 3.05) is 0 Å². The fraction of sp³-hybridized carbons (Fsp3) is 0.385. The molecule has 0 saturated carbocycles. The van der Waals surface area contributed by atoms with Crippen LogP contribution in [0.1, 0.15) is 25.7 Å². The Balaban J connectivity index is 1.91. The number of hydrogen-bond acceptors (Lipinski definition) is 0. The summed E-state index contributed by atoms with van der Waals surface area (Å²) in [5, 5.41) is 1.53. The van der Waals surface area contributed by atoms with Gasteiger partial charge in [0.15, 0.2) is 0 Å². The summed E-state index contributed by atoms with van der Waals surface area (Å²) in [6, 6.07) is 10.9. The second kappa shape index (κ2) is 5.32. The van der Waals surface area contributed by atoms with E-state index in [9.17, 15) is 0 Å². The highest BCUT2D eigenvalue weighted by Gasteiger charge is 2.09. The first-order valence-corrected chi connectivity index (χ1v) is 6.49. The Morgan fingerprint density at radius 3 is 2.21 bits per heavy atom. The molecular formula is C13H17P. The van der Waals surface area contributed by atoms with Gasteiger partial charge in [-0.2, -0.15) is 0 Å². The van der Waals surface area contributed by atoms with Gasteiger partial charge in [-0.1, -0.05) is 51.1 Å². The van der Waals surface area contributed by atoms with Crippen LogP contribution in [0.2, 0.25) is 0 Å². The highest BCUT2D eigenvalue weighted by atomic mass is 31.1. The van der Waals surface area contributed by atoms with Crippen LogP contribution in [0.3, 0.4) is 0 Å².